The van der Waals surface area contributed by atoms with Gasteiger partial charge in [-0.25, -0.2) is 0 Å². The summed E-state index contributed by atoms with van der Waals surface area (Å²) in [5.74, 6) is -3.31. The van der Waals surface area contributed by atoms with E-state index in [9.17, 15) is 27.9 Å². The molecule has 5 heterocycles. The van der Waals surface area contributed by atoms with Crippen molar-refractivity contribution in [1.82, 2.24) is 25.0 Å². The third-order valence-electron chi connectivity index (χ3n) is 10.6. The molecular weight excluding hydrogens is 638 g/mol. The van der Waals surface area contributed by atoms with Crippen LogP contribution in [0.3, 0.4) is 0 Å². The van der Waals surface area contributed by atoms with Crippen molar-refractivity contribution in [3.05, 3.63) is 71.4 Å². The van der Waals surface area contributed by atoms with Crippen LogP contribution >= 0.6 is 0 Å². The highest BCUT2D eigenvalue weighted by atomic mass is 32.2. The number of hydrogen-bond acceptors (Lipinski definition) is 8. The average Bonchev–Trinajstić information content (AvgIpc) is 3.73. The minimum Gasteiger partial charge on any atom is -0.361 e. The first kappa shape index (κ1) is 32.7. The van der Waals surface area contributed by atoms with E-state index in [2.05, 4.69) is 46.6 Å². The van der Waals surface area contributed by atoms with E-state index >= 15 is 0 Å². The van der Waals surface area contributed by atoms with E-state index in [1.807, 2.05) is 30.3 Å². The smallest absolute Gasteiger partial charge is 0.280 e. The molecule has 0 bridgehead atoms. The predicted octanol–water partition coefficient (Wildman–Crippen LogP) is 1.59. The number of rotatable bonds is 4. The first-order valence-corrected chi connectivity index (χ1v) is 18.2. The molecule has 2 aromatic carbocycles. The Morgan fingerprint density at radius 1 is 1.15 bits per heavy atom. The summed E-state index contributed by atoms with van der Waals surface area (Å²) in [6.07, 6.45) is 5.84. The molecule has 4 saturated heterocycles. The Balaban J connectivity index is 0.000000681. The summed E-state index contributed by atoms with van der Waals surface area (Å²) in [5.41, 5.74) is 2.74. The molecule has 0 spiro atoms. The van der Waals surface area contributed by atoms with Gasteiger partial charge in [-0.05, 0) is 62.4 Å². The maximum atomic E-state index is 14.2. The summed E-state index contributed by atoms with van der Waals surface area (Å²) >= 11 is 0. The lowest BCUT2D eigenvalue weighted by molar-refractivity contribution is -0.315. The fraction of sp³-hybridized carbons (Fsp3) is 0.500. The minimum atomic E-state index is -3.67. The second kappa shape index (κ2) is 11.7. The summed E-state index contributed by atoms with van der Waals surface area (Å²) in [4.78, 5) is 50.4. The van der Waals surface area contributed by atoms with Crippen molar-refractivity contribution in [2.45, 2.75) is 74.7 Å². The standard InChI is InChI=1S/C33H37N5O5.CH4O3S/c1-32(35-29(39)21-15-23-22-10-6-11-24-28(22)20(17-34-24)16-25(23)36(2)18-21)31(41)38-26(14-19-8-4-3-5-9-19)30(40)37-13-7-12-27(37)33(38,42)43-32;1-5(2,3)4/h3-6,8-11,17,21,23,25-27,34,42H,7,12-16,18H2,1-2H3,(H,35,39);1H3,(H,2,3,4)/t21-,23?,25-,26+,27+,32?,33?;/m1./s1. The largest absolute Gasteiger partial charge is 0.361 e. The molecule has 48 heavy (non-hydrogen) atoms. The molecular formula is C34H41N5O8S. The third kappa shape index (κ3) is 5.49. The van der Waals surface area contributed by atoms with Crippen LogP contribution in [-0.2, 0) is 42.1 Å². The van der Waals surface area contributed by atoms with Gasteiger partial charge in [-0.15, -0.1) is 0 Å². The molecule has 3 unspecified atom stereocenters. The van der Waals surface area contributed by atoms with Crippen LogP contribution in [0.2, 0.25) is 0 Å². The van der Waals surface area contributed by atoms with Gasteiger partial charge in [-0.1, -0.05) is 42.5 Å². The second-order valence-corrected chi connectivity index (χ2v) is 15.4. The minimum absolute atomic E-state index is 0.171. The number of likely N-dealkylation sites (N-methyl/N-ethyl adjacent to an activating group) is 1. The van der Waals surface area contributed by atoms with Crippen molar-refractivity contribution in [1.29, 1.82) is 0 Å². The van der Waals surface area contributed by atoms with E-state index in [1.54, 1.807) is 4.90 Å². The lowest BCUT2D eigenvalue weighted by Crippen LogP contribution is -2.71. The SMILES string of the molecule is CN1C[C@H](C(=O)NC2(C)OC3(O)[C@@H]4CCCN4C(=O)[C@H](Cc4ccccc4)N3C2=O)CC2c3cccc4[nH]cc(c34)C[C@H]21.CS(=O)(=O)O. The Hall–Kier alpha value is -3.82. The van der Waals surface area contributed by atoms with Gasteiger partial charge in [0.05, 0.1) is 12.2 Å². The zero-order valence-corrected chi connectivity index (χ0v) is 27.9. The van der Waals surface area contributed by atoms with Gasteiger partial charge in [0.2, 0.25) is 17.5 Å². The van der Waals surface area contributed by atoms with Crippen molar-refractivity contribution >= 4 is 38.7 Å². The molecule has 3 aromatic rings. The topological polar surface area (TPSA) is 173 Å². The zero-order chi connectivity index (χ0) is 34.2. The molecule has 4 fully saturated rings. The molecule has 1 aromatic heterocycles. The summed E-state index contributed by atoms with van der Waals surface area (Å²) in [6.45, 7) is 2.56. The Labute approximate surface area is 279 Å². The Kier molecular flexibility index (Phi) is 7.94. The average molecular weight is 680 g/mol. The number of likely N-dealkylation sites (tertiary alicyclic amines) is 1. The van der Waals surface area contributed by atoms with Crippen LogP contribution in [0.4, 0.5) is 0 Å². The van der Waals surface area contributed by atoms with Crippen LogP contribution < -0.4 is 5.32 Å². The van der Waals surface area contributed by atoms with Crippen LogP contribution in [-0.4, -0.2) is 112 Å². The number of aromatic amines is 1. The molecule has 13 nitrogen and oxygen atoms in total. The maximum absolute atomic E-state index is 14.2. The predicted molar refractivity (Wildman–Crippen MR) is 175 cm³/mol. The number of nitrogens with one attached hydrogen (secondary N) is 2. The summed E-state index contributed by atoms with van der Waals surface area (Å²) in [5, 5.41) is 16.2. The molecule has 8 rings (SSSR count). The first-order chi connectivity index (χ1) is 22.7. The summed E-state index contributed by atoms with van der Waals surface area (Å²) < 4.78 is 32.1. The molecule has 14 heteroatoms. The van der Waals surface area contributed by atoms with Crippen molar-refractivity contribution in [2.75, 3.05) is 26.4 Å². The lowest BCUT2D eigenvalue weighted by Gasteiger charge is -2.48. The molecule has 0 radical (unpaired) electrons. The number of carbonyl (C=O) groups is 3. The van der Waals surface area contributed by atoms with Crippen molar-refractivity contribution in [2.24, 2.45) is 5.92 Å². The van der Waals surface area contributed by atoms with E-state index in [1.165, 1.54) is 28.3 Å². The molecule has 1 aliphatic carbocycles. The Morgan fingerprint density at radius 3 is 2.60 bits per heavy atom. The van der Waals surface area contributed by atoms with E-state index in [-0.39, 0.29) is 36.1 Å². The third-order valence-corrected chi connectivity index (χ3v) is 10.6. The highest BCUT2D eigenvalue weighted by Gasteiger charge is 2.70. The zero-order valence-electron chi connectivity index (χ0n) is 27.1. The number of amides is 3. The number of aromatic nitrogens is 1. The quantitative estimate of drug-likeness (QED) is 0.299. The highest BCUT2D eigenvalue weighted by molar-refractivity contribution is 7.85. The van der Waals surface area contributed by atoms with Crippen molar-refractivity contribution < 1.29 is 37.2 Å². The number of hydrogen-bond donors (Lipinski definition) is 4. The van der Waals surface area contributed by atoms with Crippen molar-refractivity contribution in [3.8, 4) is 0 Å². The van der Waals surface area contributed by atoms with Crippen LogP contribution in [0, 0.1) is 5.92 Å². The van der Waals surface area contributed by atoms with Gasteiger partial charge in [-0.2, -0.15) is 8.42 Å². The molecule has 256 valence electrons. The van der Waals surface area contributed by atoms with Gasteiger partial charge in [0.15, 0.2) is 0 Å². The number of benzene rings is 2. The molecule has 4 aliphatic heterocycles. The Morgan fingerprint density at radius 2 is 1.88 bits per heavy atom. The van der Waals surface area contributed by atoms with Crippen LogP contribution in [0.15, 0.2) is 54.7 Å². The molecule has 7 atom stereocenters. The van der Waals surface area contributed by atoms with E-state index in [0.29, 0.717) is 38.6 Å². The number of piperidine rings is 1. The molecule has 4 N–H and O–H groups in total. The van der Waals surface area contributed by atoms with Gasteiger partial charge < -0.3 is 25.2 Å². The first-order valence-electron chi connectivity index (χ1n) is 16.3. The van der Waals surface area contributed by atoms with Crippen molar-refractivity contribution in [3.63, 3.8) is 0 Å². The fourth-order valence-electron chi connectivity index (χ4n) is 8.65. The Bertz CT molecular complexity index is 1880. The molecule has 0 saturated carbocycles. The second-order valence-electron chi connectivity index (χ2n) is 13.9. The highest BCUT2D eigenvalue weighted by Crippen LogP contribution is 2.47. The van der Waals surface area contributed by atoms with Crippen LogP contribution in [0.1, 0.15) is 48.8 Å². The summed E-state index contributed by atoms with van der Waals surface area (Å²) in [6, 6.07) is 14.4. The van der Waals surface area contributed by atoms with E-state index < -0.39 is 39.7 Å². The van der Waals surface area contributed by atoms with Gasteiger partial charge in [0, 0.05) is 48.6 Å². The van der Waals surface area contributed by atoms with Gasteiger partial charge in [-0.3, -0.25) is 28.6 Å². The van der Waals surface area contributed by atoms with Gasteiger partial charge >= 0.3 is 0 Å². The number of piperazine rings is 1. The number of aliphatic hydroxyl groups is 1. The normalized spacial score (nSPS) is 32.7. The van der Waals surface area contributed by atoms with E-state index in [0.717, 1.165) is 17.5 Å². The van der Waals surface area contributed by atoms with Gasteiger partial charge in [0.1, 0.15) is 12.1 Å². The fourth-order valence-corrected chi connectivity index (χ4v) is 8.65. The van der Waals surface area contributed by atoms with Crippen LogP contribution in [0.5, 0.6) is 0 Å². The van der Waals surface area contributed by atoms with E-state index in [4.69, 9.17) is 9.29 Å². The number of ether oxygens (including phenoxy) is 1. The molecule has 5 aliphatic rings. The lowest BCUT2D eigenvalue weighted by atomic mass is 9.72. The number of H-pyrrole nitrogens is 1. The summed E-state index contributed by atoms with van der Waals surface area (Å²) in [7, 11) is -1.61. The molecule has 3 amide bonds. The van der Waals surface area contributed by atoms with Gasteiger partial charge in [0.25, 0.3) is 21.9 Å². The van der Waals surface area contributed by atoms with Crippen LogP contribution in [0.25, 0.3) is 10.9 Å². The number of nitrogens with zero attached hydrogens (tertiary/aromatic N) is 3. The monoisotopic (exact) mass is 679 g/mol. The number of carbonyl (C=O) groups excluding carboxylic acids is 3. The number of fused-ring (bicyclic) bond motifs is 5. The maximum Gasteiger partial charge on any atom is 0.280 e.